The SMILES string of the molecule is C=C(C)N.CC(C)c1cc(-c2nnc(C(=O)NCCNC=O)n2-c2ccc(CC3CCNCC3)cc2)c(O)cc1O. The summed E-state index contributed by atoms with van der Waals surface area (Å²) < 4.78 is 1.60. The van der Waals surface area contributed by atoms with E-state index in [1.54, 1.807) is 17.6 Å². The number of allylic oxidation sites excluding steroid dienone is 1. The van der Waals surface area contributed by atoms with Crippen molar-refractivity contribution in [2.24, 2.45) is 11.7 Å². The number of phenolic OH excluding ortho intramolecular Hbond substituents is 2. The van der Waals surface area contributed by atoms with Crippen molar-refractivity contribution in [3.8, 4) is 28.6 Å². The number of benzene rings is 2. The molecule has 0 atom stereocenters. The van der Waals surface area contributed by atoms with E-state index in [0.29, 0.717) is 34.8 Å². The molecule has 0 saturated carbocycles. The monoisotopic (exact) mass is 563 g/mol. The fourth-order valence-electron chi connectivity index (χ4n) is 4.67. The lowest BCUT2D eigenvalue weighted by molar-refractivity contribution is -0.109. The average molecular weight is 564 g/mol. The van der Waals surface area contributed by atoms with Crippen molar-refractivity contribution in [1.29, 1.82) is 0 Å². The van der Waals surface area contributed by atoms with E-state index >= 15 is 0 Å². The van der Waals surface area contributed by atoms with Gasteiger partial charge >= 0.3 is 0 Å². The van der Waals surface area contributed by atoms with Crippen LogP contribution in [0, 0.1) is 5.92 Å². The number of carbonyl (C=O) groups excluding carboxylic acids is 2. The van der Waals surface area contributed by atoms with Crippen molar-refractivity contribution in [2.45, 2.75) is 46.0 Å². The van der Waals surface area contributed by atoms with Gasteiger partial charge in [-0.1, -0.05) is 32.6 Å². The first-order valence-corrected chi connectivity index (χ1v) is 13.8. The maximum absolute atomic E-state index is 13.0. The molecule has 1 aromatic heterocycles. The fraction of sp³-hybridized carbons (Fsp3) is 0.400. The van der Waals surface area contributed by atoms with Gasteiger partial charge in [0.1, 0.15) is 11.5 Å². The molecule has 0 radical (unpaired) electrons. The molecule has 4 rings (SSSR count). The molecule has 0 unspecified atom stereocenters. The van der Waals surface area contributed by atoms with E-state index in [-0.39, 0.29) is 42.2 Å². The highest BCUT2D eigenvalue weighted by Gasteiger charge is 2.24. The molecular weight excluding hydrogens is 522 g/mol. The van der Waals surface area contributed by atoms with E-state index in [9.17, 15) is 19.8 Å². The highest BCUT2D eigenvalue weighted by atomic mass is 16.3. The number of aromatic hydroxyl groups is 2. The summed E-state index contributed by atoms with van der Waals surface area (Å²) in [6, 6.07) is 10.9. The Labute approximate surface area is 240 Å². The van der Waals surface area contributed by atoms with Gasteiger partial charge in [-0.15, -0.1) is 10.2 Å². The summed E-state index contributed by atoms with van der Waals surface area (Å²) in [6.45, 7) is 11.5. The second-order valence-electron chi connectivity index (χ2n) is 10.5. The van der Waals surface area contributed by atoms with Gasteiger partial charge in [0.2, 0.25) is 12.2 Å². The third-order valence-electron chi connectivity index (χ3n) is 6.69. The molecule has 2 heterocycles. The molecule has 2 amide bonds. The maximum Gasteiger partial charge on any atom is 0.289 e. The Kier molecular flexibility index (Phi) is 11.3. The topological polar surface area (TPSA) is 167 Å². The van der Waals surface area contributed by atoms with Crippen LogP contribution in [0.4, 0.5) is 0 Å². The van der Waals surface area contributed by atoms with Crippen LogP contribution in [0.1, 0.15) is 61.3 Å². The molecule has 1 saturated heterocycles. The highest BCUT2D eigenvalue weighted by Crippen LogP contribution is 2.38. The second kappa shape index (κ2) is 14.8. The van der Waals surface area contributed by atoms with Gasteiger partial charge in [-0.25, -0.2) is 0 Å². The molecule has 41 heavy (non-hydrogen) atoms. The van der Waals surface area contributed by atoms with Crippen molar-refractivity contribution in [2.75, 3.05) is 26.2 Å². The average Bonchev–Trinajstić information content (AvgIpc) is 3.36. The Hall–Kier alpha value is -4.38. The normalized spacial score (nSPS) is 13.3. The summed E-state index contributed by atoms with van der Waals surface area (Å²) in [5, 5.41) is 38.1. The number of hydrogen-bond donors (Lipinski definition) is 6. The molecule has 2 aromatic carbocycles. The maximum atomic E-state index is 13.0. The summed E-state index contributed by atoms with van der Waals surface area (Å²) in [5.41, 5.74) is 8.47. The first kappa shape index (κ1) is 31.2. The van der Waals surface area contributed by atoms with Crippen LogP contribution in [0.25, 0.3) is 17.1 Å². The molecule has 1 fully saturated rings. The number of nitrogens with zero attached hydrogens (tertiary/aromatic N) is 3. The smallest absolute Gasteiger partial charge is 0.289 e. The van der Waals surface area contributed by atoms with E-state index in [1.807, 2.05) is 38.1 Å². The number of piperidine rings is 1. The van der Waals surface area contributed by atoms with Crippen LogP contribution in [0.3, 0.4) is 0 Å². The summed E-state index contributed by atoms with van der Waals surface area (Å²) in [6.07, 6.45) is 3.86. The Balaban J connectivity index is 0.00000108. The largest absolute Gasteiger partial charge is 0.508 e. The minimum atomic E-state index is -0.465. The lowest BCUT2D eigenvalue weighted by Crippen LogP contribution is -2.33. The lowest BCUT2D eigenvalue weighted by Gasteiger charge is -2.22. The van der Waals surface area contributed by atoms with Crippen LogP contribution in [-0.4, -0.2) is 63.5 Å². The number of amides is 2. The zero-order valence-corrected chi connectivity index (χ0v) is 24.0. The van der Waals surface area contributed by atoms with Crippen LogP contribution in [0.15, 0.2) is 48.7 Å². The van der Waals surface area contributed by atoms with Crippen LogP contribution >= 0.6 is 0 Å². The van der Waals surface area contributed by atoms with E-state index in [2.05, 4.69) is 32.7 Å². The van der Waals surface area contributed by atoms with Crippen LogP contribution < -0.4 is 21.7 Å². The van der Waals surface area contributed by atoms with E-state index in [1.165, 1.54) is 11.6 Å². The standard InChI is InChI=1S/C27H34N6O4.C3H7N/c1-17(2)21-14-22(24(36)15-23(21)35)25-31-32-26(27(37)30-12-11-29-16-34)33(25)20-5-3-18(4-6-20)13-19-7-9-28-10-8-19;1-3(2)4/h3-6,14-17,19,28,35-36H,7-13H2,1-2H3,(H,29,34)(H,30,37);1,4H2,2H3. The molecular formula is C30H41N7O4. The van der Waals surface area contributed by atoms with Gasteiger partial charge in [0.25, 0.3) is 5.91 Å². The number of carbonyl (C=O) groups is 2. The Bertz CT molecular complexity index is 1330. The van der Waals surface area contributed by atoms with Gasteiger partial charge < -0.3 is 31.9 Å². The number of nitrogens with one attached hydrogen (secondary N) is 3. The number of rotatable bonds is 10. The minimum absolute atomic E-state index is 0.00178. The Morgan fingerprint density at radius 1 is 1.15 bits per heavy atom. The van der Waals surface area contributed by atoms with Crippen molar-refractivity contribution in [3.05, 3.63) is 65.6 Å². The molecule has 7 N–H and O–H groups in total. The first-order valence-electron chi connectivity index (χ1n) is 13.8. The van der Waals surface area contributed by atoms with E-state index < -0.39 is 5.91 Å². The number of nitrogens with two attached hydrogens (primary N) is 1. The van der Waals surface area contributed by atoms with Crippen molar-refractivity contribution in [3.63, 3.8) is 0 Å². The Morgan fingerprint density at radius 2 is 1.80 bits per heavy atom. The van der Waals surface area contributed by atoms with Crippen LogP contribution in [-0.2, 0) is 11.2 Å². The van der Waals surface area contributed by atoms with Crippen LogP contribution in [0.5, 0.6) is 11.5 Å². The van der Waals surface area contributed by atoms with Gasteiger partial charge in [0, 0.05) is 24.8 Å². The molecule has 11 nitrogen and oxygen atoms in total. The van der Waals surface area contributed by atoms with Crippen LogP contribution in [0.2, 0.25) is 0 Å². The van der Waals surface area contributed by atoms with Crippen molar-refractivity contribution in [1.82, 2.24) is 30.7 Å². The molecule has 0 spiro atoms. The molecule has 11 heteroatoms. The third kappa shape index (κ3) is 8.55. The third-order valence-corrected chi connectivity index (χ3v) is 6.69. The van der Waals surface area contributed by atoms with E-state index in [4.69, 9.17) is 5.73 Å². The molecule has 1 aliphatic heterocycles. The summed E-state index contributed by atoms with van der Waals surface area (Å²) >= 11 is 0. The number of hydrogen-bond acceptors (Lipinski definition) is 8. The number of aromatic nitrogens is 3. The van der Waals surface area contributed by atoms with Crippen molar-refractivity contribution >= 4 is 12.3 Å². The zero-order valence-electron chi connectivity index (χ0n) is 24.0. The second-order valence-corrected chi connectivity index (χ2v) is 10.5. The molecule has 3 aromatic rings. The molecule has 1 aliphatic rings. The zero-order chi connectivity index (χ0) is 29.9. The molecule has 0 bridgehead atoms. The predicted octanol–water partition coefficient (Wildman–Crippen LogP) is 2.97. The van der Waals surface area contributed by atoms with Gasteiger partial charge in [-0.3, -0.25) is 14.2 Å². The fourth-order valence-corrected chi connectivity index (χ4v) is 4.67. The number of phenols is 2. The summed E-state index contributed by atoms with van der Waals surface area (Å²) in [7, 11) is 0. The predicted molar refractivity (Wildman–Crippen MR) is 159 cm³/mol. The lowest BCUT2D eigenvalue weighted by atomic mass is 9.91. The highest BCUT2D eigenvalue weighted by molar-refractivity contribution is 5.92. The molecule has 0 aliphatic carbocycles. The molecule has 220 valence electrons. The van der Waals surface area contributed by atoms with Crippen molar-refractivity contribution < 1.29 is 19.8 Å². The summed E-state index contributed by atoms with van der Waals surface area (Å²) in [5.74, 6) is 0.325. The van der Waals surface area contributed by atoms with Gasteiger partial charge in [-0.2, -0.15) is 0 Å². The van der Waals surface area contributed by atoms with E-state index in [0.717, 1.165) is 32.4 Å². The quantitative estimate of drug-likeness (QED) is 0.162. The van der Waals surface area contributed by atoms with Gasteiger partial charge in [-0.05, 0) is 86.1 Å². The van der Waals surface area contributed by atoms with Gasteiger partial charge in [0.05, 0.1) is 5.56 Å². The summed E-state index contributed by atoms with van der Waals surface area (Å²) in [4.78, 5) is 23.5. The Morgan fingerprint density at radius 3 is 2.41 bits per heavy atom. The van der Waals surface area contributed by atoms with Gasteiger partial charge in [0.15, 0.2) is 5.82 Å². The first-order chi connectivity index (χ1) is 19.6. The minimum Gasteiger partial charge on any atom is -0.508 e.